The highest BCUT2D eigenvalue weighted by atomic mass is 32.1. The van der Waals surface area contributed by atoms with Crippen LogP contribution in [0.4, 0.5) is 5.69 Å². The van der Waals surface area contributed by atoms with E-state index in [9.17, 15) is 14.9 Å². The van der Waals surface area contributed by atoms with E-state index in [1.54, 1.807) is 24.3 Å². The Morgan fingerprint density at radius 3 is 2.57 bits per heavy atom. The number of para-hydroxylation sites is 1. The van der Waals surface area contributed by atoms with Gasteiger partial charge in [0.15, 0.2) is 6.04 Å². The van der Waals surface area contributed by atoms with E-state index < -0.39 is 11.9 Å². The molecule has 1 saturated carbocycles. The zero-order chi connectivity index (χ0) is 19.9. The van der Waals surface area contributed by atoms with E-state index in [-0.39, 0.29) is 17.5 Å². The maximum absolute atomic E-state index is 13.3. The second-order valence-electron chi connectivity index (χ2n) is 6.71. The molecule has 0 saturated heterocycles. The molecule has 28 heavy (non-hydrogen) atoms. The number of nitrogens with one attached hydrogen (secondary N) is 1. The van der Waals surface area contributed by atoms with Crippen molar-refractivity contribution in [2.45, 2.75) is 44.2 Å². The molecule has 5 nitrogen and oxygen atoms in total. The molecule has 1 aliphatic rings. The Morgan fingerprint density at radius 2 is 1.93 bits per heavy atom. The molecule has 2 amide bonds. The number of hydrogen-bond donors (Lipinski definition) is 1. The summed E-state index contributed by atoms with van der Waals surface area (Å²) in [4.78, 5) is 28.0. The van der Waals surface area contributed by atoms with Crippen LogP contribution in [-0.2, 0) is 9.59 Å². The van der Waals surface area contributed by atoms with Gasteiger partial charge in [0.1, 0.15) is 6.07 Å². The van der Waals surface area contributed by atoms with Crippen LogP contribution in [0.1, 0.15) is 48.6 Å². The van der Waals surface area contributed by atoms with E-state index in [2.05, 4.69) is 17.3 Å². The van der Waals surface area contributed by atoms with Crippen LogP contribution >= 0.6 is 11.3 Å². The lowest BCUT2D eigenvalue weighted by Gasteiger charge is -2.31. The summed E-state index contributed by atoms with van der Waals surface area (Å²) in [7, 11) is 0. The molecule has 1 fully saturated rings. The molecule has 1 atom stereocenters. The van der Waals surface area contributed by atoms with Gasteiger partial charge in [0.2, 0.25) is 5.91 Å². The molecule has 1 aromatic heterocycles. The predicted octanol–water partition coefficient (Wildman–Crippen LogP) is 3.78. The lowest BCUT2D eigenvalue weighted by atomic mass is 9.95. The maximum Gasteiger partial charge on any atom is 0.303 e. The van der Waals surface area contributed by atoms with Gasteiger partial charge in [0.25, 0.3) is 0 Å². The first-order chi connectivity index (χ1) is 13.7. The molecule has 1 heterocycles. The van der Waals surface area contributed by atoms with Gasteiger partial charge in [-0.3, -0.25) is 14.5 Å². The second-order valence-corrected chi connectivity index (χ2v) is 7.69. The smallest absolute Gasteiger partial charge is 0.303 e. The normalized spacial score (nSPS) is 15.1. The monoisotopic (exact) mass is 391 g/mol. The molecule has 0 radical (unpaired) electrons. The SMILES string of the molecule is C#CC(=O)N(c1ccccc1C#N)C(C(=O)NC1CCCCC1)c1cccs1. The van der Waals surface area contributed by atoms with Crippen molar-refractivity contribution in [3.63, 3.8) is 0 Å². The van der Waals surface area contributed by atoms with Gasteiger partial charge in [-0.1, -0.05) is 37.5 Å². The number of amides is 2. The predicted molar refractivity (Wildman–Crippen MR) is 110 cm³/mol. The molecule has 0 spiro atoms. The van der Waals surface area contributed by atoms with Crippen molar-refractivity contribution in [1.82, 2.24) is 5.32 Å². The minimum atomic E-state index is -0.917. The molecule has 1 unspecified atom stereocenters. The van der Waals surface area contributed by atoms with Gasteiger partial charge < -0.3 is 5.32 Å². The van der Waals surface area contributed by atoms with Crippen molar-refractivity contribution in [3.8, 4) is 18.4 Å². The number of rotatable bonds is 5. The van der Waals surface area contributed by atoms with Crippen molar-refractivity contribution in [2.75, 3.05) is 4.90 Å². The fraction of sp³-hybridized carbons (Fsp3) is 0.318. The summed E-state index contributed by atoms with van der Waals surface area (Å²) in [5.74, 6) is 1.19. The summed E-state index contributed by atoms with van der Waals surface area (Å²) < 4.78 is 0. The highest BCUT2D eigenvalue weighted by molar-refractivity contribution is 7.10. The first kappa shape index (κ1) is 19.7. The molecule has 1 N–H and O–H groups in total. The third kappa shape index (κ3) is 4.24. The van der Waals surface area contributed by atoms with Gasteiger partial charge in [-0.2, -0.15) is 5.26 Å². The van der Waals surface area contributed by atoms with E-state index in [4.69, 9.17) is 6.42 Å². The first-order valence-electron chi connectivity index (χ1n) is 9.28. The van der Waals surface area contributed by atoms with Crippen LogP contribution in [0.15, 0.2) is 41.8 Å². The Bertz CT molecular complexity index is 918. The largest absolute Gasteiger partial charge is 0.351 e. The Labute approximate surface area is 169 Å². The van der Waals surface area contributed by atoms with Gasteiger partial charge in [0, 0.05) is 10.9 Å². The molecule has 2 aromatic rings. The molecule has 6 heteroatoms. The summed E-state index contributed by atoms with van der Waals surface area (Å²) in [5, 5.41) is 14.4. The second kappa shape index (κ2) is 9.21. The van der Waals surface area contributed by atoms with Crippen molar-refractivity contribution in [1.29, 1.82) is 5.26 Å². The highest BCUT2D eigenvalue weighted by Gasteiger charge is 2.35. The molecular weight excluding hydrogens is 370 g/mol. The van der Waals surface area contributed by atoms with Crippen molar-refractivity contribution < 1.29 is 9.59 Å². The Hall–Kier alpha value is -3.09. The lowest BCUT2D eigenvalue weighted by Crippen LogP contribution is -2.47. The number of nitrogens with zero attached hydrogens (tertiary/aromatic N) is 2. The average molecular weight is 391 g/mol. The van der Waals surface area contributed by atoms with Crippen LogP contribution < -0.4 is 10.2 Å². The highest BCUT2D eigenvalue weighted by Crippen LogP contribution is 2.33. The van der Waals surface area contributed by atoms with E-state index in [0.29, 0.717) is 10.6 Å². The van der Waals surface area contributed by atoms with E-state index >= 15 is 0 Å². The van der Waals surface area contributed by atoms with Crippen molar-refractivity contribution in [3.05, 3.63) is 52.2 Å². The standard InChI is InChI=1S/C22H21N3O2S/c1-2-20(26)25(18-12-7-6-9-16(18)15-23)21(19-13-8-14-28-19)22(27)24-17-10-4-3-5-11-17/h1,6-9,12-14,17,21H,3-5,10-11H2,(H,24,27). The zero-order valence-electron chi connectivity index (χ0n) is 15.4. The number of anilines is 1. The van der Waals surface area contributed by atoms with Gasteiger partial charge in [-0.25, -0.2) is 0 Å². The lowest BCUT2D eigenvalue weighted by molar-refractivity contribution is -0.125. The van der Waals surface area contributed by atoms with Gasteiger partial charge >= 0.3 is 5.91 Å². The average Bonchev–Trinajstić information content (AvgIpc) is 3.26. The van der Waals surface area contributed by atoms with Gasteiger partial charge in [0.05, 0.1) is 11.3 Å². The number of carbonyl (C=O) groups excluding carboxylic acids is 2. The van der Waals surface area contributed by atoms with Crippen LogP contribution in [-0.4, -0.2) is 17.9 Å². The number of carbonyl (C=O) groups is 2. The Morgan fingerprint density at radius 1 is 1.18 bits per heavy atom. The van der Waals surface area contributed by atoms with E-state index in [1.807, 2.05) is 17.5 Å². The summed E-state index contributed by atoms with van der Waals surface area (Å²) in [5.41, 5.74) is 0.628. The van der Waals surface area contributed by atoms with Crippen LogP contribution in [0.25, 0.3) is 0 Å². The van der Waals surface area contributed by atoms with E-state index in [1.165, 1.54) is 22.7 Å². The molecule has 1 aliphatic carbocycles. The third-order valence-corrected chi connectivity index (χ3v) is 5.82. The van der Waals surface area contributed by atoms with Gasteiger partial charge in [-0.15, -0.1) is 17.8 Å². The third-order valence-electron chi connectivity index (χ3n) is 4.90. The number of nitriles is 1. The molecule has 3 rings (SSSR count). The van der Waals surface area contributed by atoms with Crippen LogP contribution in [0.5, 0.6) is 0 Å². The number of hydrogen-bond acceptors (Lipinski definition) is 4. The molecule has 142 valence electrons. The van der Waals surface area contributed by atoms with Crippen molar-refractivity contribution in [2.24, 2.45) is 0 Å². The first-order valence-corrected chi connectivity index (χ1v) is 10.2. The zero-order valence-corrected chi connectivity index (χ0v) is 16.2. The maximum atomic E-state index is 13.3. The van der Waals surface area contributed by atoms with Crippen LogP contribution in [0, 0.1) is 23.7 Å². The number of terminal acetylenes is 1. The van der Waals surface area contributed by atoms with Crippen LogP contribution in [0.2, 0.25) is 0 Å². The number of benzene rings is 1. The molecular formula is C22H21N3O2S. The van der Waals surface area contributed by atoms with Crippen LogP contribution in [0.3, 0.4) is 0 Å². The topological polar surface area (TPSA) is 73.2 Å². The minimum absolute atomic E-state index is 0.0951. The quantitative estimate of drug-likeness (QED) is 0.789. The van der Waals surface area contributed by atoms with E-state index in [0.717, 1.165) is 25.7 Å². The Balaban J connectivity index is 2.03. The fourth-order valence-electron chi connectivity index (χ4n) is 3.56. The fourth-order valence-corrected chi connectivity index (χ4v) is 4.37. The summed E-state index contributed by atoms with van der Waals surface area (Å²) in [6.07, 6.45) is 10.6. The summed E-state index contributed by atoms with van der Waals surface area (Å²) in [6.45, 7) is 0. The molecule has 0 aliphatic heterocycles. The molecule has 1 aromatic carbocycles. The van der Waals surface area contributed by atoms with Crippen molar-refractivity contribution >= 4 is 28.8 Å². The number of thiophene rings is 1. The Kier molecular flexibility index (Phi) is 6.47. The summed E-state index contributed by atoms with van der Waals surface area (Å²) >= 11 is 1.38. The molecule has 0 bridgehead atoms. The van der Waals surface area contributed by atoms with Gasteiger partial charge in [-0.05, 0) is 42.3 Å². The summed E-state index contributed by atoms with van der Waals surface area (Å²) in [6, 6.07) is 11.6. The minimum Gasteiger partial charge on any atom is -0.351 e.